The van der Waals surface area contributed by atoms with Gasteiger partial charge in [-0.1, -0.05) is 77.0 Å². The van der Waals surface area contributed by atoms with E-state index in [0.29, 0.717) is 19.4 Å². The summed E-state index contributed by atoms with van der Waals surface area (Å²) in [6.07, 6.45) is 3.42. The van der Waals surface area contributed by atoms with Crippen LogP contribution in [-0.4, -0.2) is 4.57 Å². The molecule has 34 heavy (non-hydrogen) atoms. The smallest absolute Gasteiger partial charge is 0.271 e. The minimum Gasteiger partial charge on any atom is -0.272 e. The number of allylic oxidation sites excluding steroid dienone is 1. The SMILES string of the molecule is O=c1/c(=C\c2ccc(F)cc2)sc2n1C(c1ccc(Cl)cc1Cl)C1=C(N=2)c2ccccc2CC1. The molecule has 2 aliphatic rings. The highest BCUT2D eigenvalue weighted by Crippen LogP contribution is 2.43. The van der Waals surface area contributed by atoms with Gasteiger partial charge in [0.05, 0.1) is 16.3 Å². The van der Waals surface area contributed by atoms with Gasteiger partial charge in [0.25, 0.3) is 5.56 Å². The summed E-state index contributed by atoms with van der Waals surface area (Å²) in [7, 11) is 0. The van der Waals surface area contributed by atoms with Crippen LogP contribution in [-0.2, 0) is 6.42 Å². The number of benzene rings is 3. The maximum atomic E-state index is 13.7. The lowest BCUT2D eigenvalue weighted by molar-refractivity contribution is 0.585. The van der Waals surface area contributed by atoms with Gasteiger partial charge in [-0.25, -0.2) is 9.38 Å². The van der Waals surface area contributed by atoms with Crippen molar-refractivity contribution in [1.82, 2.24) is 4.57 Å². The fraction of sp³-hybridized carbons (Fsp3) is 0.111. The normalized spacial score (nSPS) is 17.1. The van der Waals surface area contributed by atoms with E-state index in [0.717, 1.165) is 40.8 Å². The number of thiazole rings is 1. The van der Waals surface area contributed by atoms with Crippen LogP contribution < -0.4 is 14.9 Å². The van der Waals surface area contributed by atoms with E-state index in [2.05, 4.69) is 12.1 Å². The molecule has 0 N–H and O–H groups in total. The third kappa shape index (κ3) is 3.56. The Morgan fingerprint density at radius 2 is 1.82 bits per heavy atom. The minimum atomic E-state index is -0.375. The lowest BCUT2D eigenvalue weighted by Crippen LogP contribution is -2.38. The zero-order chi connectivity index (χ0) is 23.4. The zero-order valence-corrected chi connectivity index (χ0v) is 20.1. The summed E-state index contributed by atoms with van der Waals surface area (Å²) in [6, 6.07) is 19.4. The number of hydrogen-bond acceptors (Lipinski definition) is 3. The summed E-state index contributed by atoms with van der Waals surface area (Å²) < 4.78 is 15.6. The van der Waals surface area contributed by atoms with Crippen LogP contribution in [0.3, 0.4) is 0 Å². The predicted molar refractivity (Wildman–Crippen MR) is 136 cm³/mol. The average Bonchev–Trinajstić information content (AvgIpc) is 3.14. The highest BCUT2D eigenvalue weighted by molar-refractivity contribution is 7.07. The Morgan fingerprint density at radius 1 is 1.03 bits per heavy atom. The number of halogens is 3. The Labute approximate surface area is 208 Å². The van der Waals surface area contributed by atoms with Crippen molar-refractivity contribution in [2.75, 3.05) is 0 Å². The fourth-order valence-corrected chi connectivity index (χ4v) is 6.25. The lowest BCUT2D eigenvalue weighted by atomic mass is 9.83. The molecule has 0 saturated heterocycles. The van der Waals surface area contributed by atoms with E-state index in [1.54, 1.807) is 34.9 Å². The van der Waals surface area contributed by atoms with Crippen LogP contribution in [0.1, 0.15) is 34.7 Å². The van der Waals surface area contributed by atoms with Gasteiger partial charge < -0.3 is 0 Å². The van der Waals surface area contributed by atoms with E-state index in [1.165, 1.54) is 29.0 Å². The Kier molecular flexibility index (Phi) is 5.29. The van der Waals surface area contributed by atoms with Crippen LogP contribution in [0.4, 0.5) is 4.39 Å². The number of aryl methyl sites for hydroxylation is 1. The van der Waals surface area contributed by atoms with E-state index in [-0.39, 0.29) is 17.4 Å². The van der Waals surface area contributed by atoms with E-state index in [9.17, 15) is 9.18 Å². The highest BCUT2D eigenvalue weighted by atomic mass is 35.5. The van der Waals surface area contributed by atoms with Crippen molar-refractivity contribution in [1.29, 1.82) is 0 Å². The predicted octanol–water partition coefficient (Wildman–Crippen LogP) is 5.76. The monoisotopic (exact) mass is 506 g/mol. The van der Waals surface area contributed by atoms with E-state index >= 15 is 0 Å². The summed E-state index contributed by atoms with van der Waals surface area (Å²) in [5, 5.41) is 1.05. The van der Waals surface area contributed by atoms with Crippen molar-refractivity contribution < 1.29 is 4.39 Å². The molecule has 3 aromatic carbocycles. The van der Waals surface area contributed by atoms with E-state index in [1.807, 2.05) is 18.2 Å². The Balaban J connectivity index is 1.64. The molecule has 168 valence electrons. The zero-order valence-electron chi connectivity index (χ0n) is 17.8. The minimum absolute atomic E-state index is 0.144. The molecule has 0 amide bonds. The van der Waals surface area contributed by atoms with E-state index in [4.69, 9.17) is 28.2 Å². The summed E-state index contributed by atoms with van der Waals surface area (Å²) in [5.41, 5.74) is 5.75. The van der Waals surface area contributed by atoms with Crippen LogP contribution in [0.15, 0.2) is 82.1 Å². The molecule has 0 bridgehead atoms. The first-order valence-corrected chi connectivity index (χ1v) is 12.4. The number of nitrogens with zero attached hydrogens (tertiary/aromatic N) is 2. The summed E-state index contributed by atoms with van der Waals surface area (Å²) in [5.74, 6) is -0.317. The molecule has 3 nitrogen and oxygen atoms in total. The molecule has 4 aromatic rings. The van der Waals surface area contributed by atoms with Crippen LogP contribution in [0.2, 0.25) is 10.0 Å². The molecule has 6 rings (SSSR count). The molecule has 2 heterocycles. The van der Waals surface area contributed by atoms with Crippen molar-refractivity contribution in [2.24, 2.45) is 4.99 Å². The second kappa shape index (κ2) is 8.35. The molecular formula is C27H17Cl2FN2OS. The Hall–Kier alpha value is -2.99. The number of aromatic nitrogens is 1. The van der Waals surface area contributed by atoms with Gasteiger partial charge in [-0.3, -0.25) is 9.36 Å². The second-order valence-corrected chi connectivity index (χ2v) is 10.2. The molecule has 1 unspecified atom stereocenters. The molecule has 1 aliphatic heterocycles. The van der Waals surface area contributed by atoms with Gasteiger partial charge in [0.15, 0.2) is 4.80 Å². The highest BCUT2D eigenvalue weighted by Gasteiger charge is 2.33. The summed E-state index contributed by atoms with van der Waals surface area (Å²) in [4.78, 5) is 19.3. The summed E-state index contributed by atoms with van der Waals surface area (Å²) >= 11 is 14.2. The lowest BCUT2D eigenvalue weighted by Gasteiger charge is -2.31. The number of hydrogen-bond donors (Lipinski definition) is 0. The maximum Gasteiger partial charge on any atom is 0.271 e. The Bertz CT molecular complexity index is 1670. The van der Waals surface area contributed by atoms with Crippen molar-refractivity contribution in [2.45, 2.75) is 18.9 Å². The van der Waals surface area contributed by atoms with Crippen molar-refractivity contribution in [3.05, 3.63) is 130 Å². The first-order valence-electron chi connectivity index (χ1n) is 10.8. The van der Waals surface area contributed by atoms with Gasteiger partial charge in [0, 0.05) is 15.6 Å². The molecule has 1 aromatic heterocycles. The molecule has 0 saturated carbocycles. The van der Waals surface area contributed by atoms with Gasteiger partial charge in [0.1, 0.15) is 5.82 Å². The molecule has 0 fully saturated rings. The Morgan fingerprint density at radius 3 is 2.62 bits per heavy atom. The number of rotatable bonds is 2. The standard InChI is InChI=1S/C27H17Cl2FN2OS/c28-17-8-12-20(22(29)14-17)25-21-11-7-16-3-1-2-4-19(16)24(21)31-27-32(25)26(33)23(34-27)13-15-5-9-18(30)10-6-15/h1-6,8-10,12-14,25H,7,11H2/b23-13+. The number of fused-ring (bicyclic) bond motifs is 3. The molecule has 1 aliphatic carbocycles. The third-order valence-electron chi connectivity index (χ3n) is 6.30. The quantitative estimate of drug-likeness (QED) is 0.340. The maximum absolute atomic E-state index is 13.7. The average molecular weight is 507 g/mol. The van der Waals surface area contributed by atoms with Crippen molar-refractivity contribution >= 4 is 46.3 Å². The topological polar surface area (TPSA) is 34.4 Å². The fourth-order valence-electron chi connectivity index (χ4n) is 4.73. The molecule has 0 radical (unpaired) electrons. The molecule has 0 spiro atoms. The van der Waals surface area contributed by atoms with Gasteiger partial charge in [-0.05, 0) is 65.4 Å². The van der Waals surface area contributed by atoms with Gasteiger partial charge in [-0.15, -0.1) is 0 Å². The first kappa shape index (κ1) is 21.5. The van der Waals surface area contributed by atoms with Gasteiger partial charge in [-0.2, -0.15) is 0 Å². The third-order valence-corrected chi connectivity index (χ3v) is 7.84. The molecule has 7 heteroatoms. The largest absolute Gasteiger partial charge is 0.272 e. The van der Waals surface area contributed by atoms with Crippen LogP contribution in [0.5, 0.6) is 0 Å². The molecular weight excluding hydrogens is 490 g/mol. The van der Waals surface area contributed by atoms with Gasteiger partial charge in [0.2, 0.25) is 0 Å². The summed E-state index contributed by atoms with van der Waals surface area (Å²) in [6.45, 7) is 0. The van der Waals surface area contributed by atoms with Crippen molar-refractivity contribution in [3.63, 3.8) is 0 Å². The van der Waals surface area contributed by atoms with Crippen LogP contribution >= 0.6 is 34.5 Å². The van der Waals surface area contributed by atoms with Crippen LogP contribution in [0, 0.1) is 5.82 Å². The first-order chi connectivity index (χ1) is 16.5. The van der Waals surface area contributed by atoms with E-state index < -0.39 is 0 Å². The van der Waals surface area contributed by atoms with Crippen LogP contribution in [0.25, 0.3) is 11.8 Å². The van der Waals surface area contributed by atoms with Crippen molar-refractivity contribution in [3.8, 4) is 0 Å². The second-order valence-electron chi connectivity index (χ2n) is 8.33. The molecule has 1 atom stereocenters. The van der Waals surface area contributed by atoms with Gasteiger partial charge >= 0.3 is 0 Å².